The Hall–Kier alpha value is -3.21. The number of H-pyrrole nitrogens is 1. The second-order valence-corrected chi connectivity index (χ2v) is 6.51. The van der Waals surface area contributed by atoms with Gasteiger partial charge in [-0.2, -0.15) is 0 Å². The van der Waals surface area contributed by atoms with Crippen molar-refractivity contribution in [1.29, 1.82) is 0 Å². The molecule has 26 heavy (non-hydrogen) atoms. The van der Waals surface area contributed by atoms with E-state index >= 15 is 0 Å². The Morgan fingerprint density at radius 1 is 1.08 bits per heavy atom. The van der Waals surface area contributed by atoms with E-state index in [4.69, 9.17) is 0 Å². The quantitative estimate of drug-likeness (QED) is 0.761. The minimum atomic E-state index is -0.417. The van der Waals surface area contributed by atoms with Crippen LogP contribution in [0.4, 0.5) is 0 Å². The lowest BCUT2D eigenvalue weighted by atomic mass is 9.96. The van der Waals surface area contributed by atoms with Crippen LogP contribution in [0.15, 0.2) is 59.8 Å². The van der Waals surface area contributed by atoms with Crippen LogP contribution in [0.2, 0.25) is 0 Å². The number of aromatic amines is 1. The number of hydrogen-bond donors (Lipinski definition) is 2. The van der Waals surface area contributed by atoms with Crippen LogP contribution in [0.3, 0.4) is 0 Å². The Labute approximate surface area is 152 Å². The zero-order chi connectivity index (χ0) is 18.7. The van der Waals surface area contributed by atoms with Gasteiger partial charge in [-0.25, -0.2) is 0 Å². The molecule has 0 bridgehead atoms. The molecule has 1 amide bonds. The molecule has 0 unspecified atom stereocenters. The predicted octanol–water partition coefficient (Wildman–Crippen LogP) is 3.21. The van der Waals surface area contributed by atoms with Crippen molar-refractivity contribution in [1.82, 2.24) is 15.3 Å². The van der Waals surface area contributed by atoms with Crippen molar-refractivity contribution in [3.05, 3.63) is 98.7 Å². The number of aromatic nitrogens is 2. The third-order valence-electron chi connectivity index (χ3n) is 4.17. The van der Waals surface area contributed by atoms with Crippen LogP contribution >= 0.6 is 0 Å². The topological polar surface area (TPSA) is 74.8 Å². The van der Waals surface area contributed by atoms with Gasteiger partial charge in [0.25, 0.3) is 5.91 Å². The van der Waals surface area contributed by atoms with E-state index in [2.05, 4.69) is 21.4 Å². The minimum absolute atomic E-state index is 0.0915. The van der Waals surface area contributed by atoms with E-state index in [0.717, 1.165) is 22.3 Å². The number of benzene rings is 1. The molecular weight excluding hydrogens is 326 g/mol. The minimum Gasteiger partial charge on any atom is -0.364 e. The summed E-state index contributed by atoms with van der Waals surface area (Å²) in [6, 6.07) is 10.9. The molecular formula is C21H21N3O2. The number of rotatable bonds is 4. The average Bonchev–Trinajstić information content (AvgIpc) is 2.59. The summed E-state index contributed by atoms with van der Waals surface area (Å²) in [6.07, 6.45) is 4.87. The molecule has 2 N–H and O–H groups in total. The third-order valence-corrected chi connectivity index (χ3v) is 4.17. The van der Waals surface area contributed by atoms with Crippen molar-refractivity contribution < 1.29 is 4.79 Å². The SMILES string of the molecule is Cc1cc(C)cc([C@@H](NC(=O)c2c[nH]c(C)cc2=O)c2cccnc2)c1. The van der Waals surface area contributed by atoms with Crippen LogP contribution in [0.5, 0.6) is 0 Å². The molecule has 2 heterocycles. The Morgan fingerprint density at radius 2 is 1.81 bits per heavy atom. The molecule has 0 aliphatic rings. The monoisotopic (exact) mass is 347 g/mol. The standard InChI is InChI=1S/C21H21N3O2/c1-13-7-14(2)9-17(8-13)20(16-5-4-6-22-11-16)24-21(26)18-12-23-15(3)10-19(18)25/h4-12,20H,1-3H3,(H,23,25)(H,24,26)/t20-/m0/s1. The Bertz CT molecular complexity index is 973. The number of carbonyl (C=O) groups excluding carboxylic acids is 1. The summed E-state index contributed by atoms with van der Waals surface area (Å²) in [7, 11) is 0. The first-order chi connectivity index (χ1) is 12.4. The van der Waals surface area contributed by atoms with Crippen LogP contribution in [0.1, 0.15) is 44.3 Å². The fraction of sp³-hybridized carbons (Fsp3) is 0.190. The summed E-state index contributed by atoms with van der Waals surface area (Å²) < 4.78 is 0. The fourth-order valence-electron chi connectivity index (χ4n) is 3.04. The van der Waals surface area contributed by atoms with Gasteiger partial charge in [0.15, 0.2) is 5.43 Å². The Morgan fingerprint density at radius 3 is 2.42 bits per heavy atom. The number of hydrogen-bond acceptors (Lipinski definition) is 3. The maximum Gasteiger partial charge on any atom is 0.257 e. The fourth-order valence-corrected chi connectivity index (χ4v) is 3.04. The summed E-state index contributed by atoms with van der Waals surface area (Å²) in [6.45, 7) is 5.81. The van der Waals surface area contributed by atoms with Gasteiger partial charge in [-0.1, -0.05) is 35.4 Å². The first kappa shape index (κ1) is 17.6. The van der Waals surface area contributed by atoms with Gasteiger partial charge in [-0.05, 0) is 38.0 Å². The number of nitrogens with zero attached hydrogens (tertiary/aromatic N) is 1. The van der Waals surface area contributed by atoms with Crippen LogP contribution in [-0.2, 0) is 0 Å². The molecule has 0 radical (unpaired) electrons. The highest BCUT2D eigenvalue weighted by molar-refractivity contribution is 5.94. The summed E-state index contributed by atoms with van der Waals surface area (Å²) >= 11 is 0. The largest absolute Gasteiger partial charge is 0.364 e. The summed E-state index contributed by atoms with van der Waals surface area (Å²) in [5, 5.41) is 2.98. The molecule has 3 rings (SSSR count). The zero-order valence-corrected chi connectivity index (χ0v) is 15.0. The Kier molecular flexibility index (Phi) is 4.98. The molecule has 1 atom stereocenters. The normalized spacial score (nSPS) is 11.8. The highest BCUT2D eigenvalue weighted by Gasteiger charge is 2.20. The molecule has 5 nitrogen and oxygen atoms in total. The molecule has 1 aromatic carbocycles. The first-order valence-electron chi connectivity index (χ1n) is 8.42. The van der Waals surface area contributed by atoms with Gasteiger partial charge in [0.2, 0.25) is 0 Å². The van der Waals surface area contributed by atoms with Crippen molar-refractivity contribution in [2.45, 2.75) is 26.8 Å². The van der Waals surface area contributed by atoms with E-state index in [1.54, 1.807) is 19.3 Å². The molecule has 0 aliphatic carbocycles. The molecule has 0 aliphatic heterocycles. The highest BCUT2D eigenvalue weighted by Crippen LogP contribution is 2.24. The van der Waals surface area contributed by atoms with Crippen LogP contribution < -0.4 is 10.7 Å². The maximum absolute atomic E-state index is 12.8. The molecule has 0 spiro atoms. The second-order valence-electron chi connectivity index (χ2n) is 6.51. The molecule has 0 saturated heterocycles. The van der Waals surface area contributed by atoms with Gasteiger partial charge in [-0.3, -0.25) is 14.6 Å². The van der Waals surface area contributed by atoms with E-state index in [1.165, 1.54) is 12.3 Å². The van der Waals surface area contributed by atoms with Crippen molar-refractivity contribution in [2.75, 3.05) is 0 Å². The van der Waals surface area contributed by atoms with E-state index < -0.39 is 11.9 Å². The van der Waals surface area contributed by atoms with Gasteiger partial charge in [-0.15, -0.1) is 0 Å². The second kappa shape index (κ2) is 7.35. The predicted molar refractivity (Wildman–Crippen MR) is 101 cm³/mol. The number of amides is 1. The molecule has 2 aromatic heterocycles. The van der Waals surface area contributed by atoms with Crippen molar-refractivity contribution in [3.8, 4) is 0 Å². The van der Waals surface area contributed by atoms with Crippen molar-refractivity contribution in [3.63, 3.8) is 0 Å². The van der Waals surface area contributed by atoms with Crippen LogP contribution in [0, 0.1) is 20.8 Å². The lowest BCUT2D eigenvalue weighted by Crippen LogP contribution is -2.33. The van der Waals surface area contributed by atoms with Gasteiger partial charge >= 0.3 is 0 Å². The number of carbonyl (C=O) groups is 1. The molecule has 0 fully saturated rings. The molecule has 132 valence electrons. The lowest BCUT2D eigenvalue weighted by molar-refractivity contribution is 0.0941. The maximum atomic E-state index is 12.8. The molecule has 0 saturated carbocycles. The zero-order valence-electron chi connectivity index (χ0n) is 15.0. The molecule has 3 aromatic rings. The third kappa shape index (κ3) is 3.88. The van der Waals surface area contributed by atoms with Crippen molar-refractivity contribution >= 4 is 5.91 Å². The number of pyridine rings is 2. The van der Waals surface area contributed by atoms with Gasteiger partial charge in [0.05, 0.1) is 6.04 Å². The summed E-state index contributed by atoms with van der Waals surface area (Å²) in [5.41, 5.74) is 4.53. The summed E-state index contributed by atoms with van der Waals surface area (Å²) in [5.74, 6) is -0.417. The van der Waals surface area contributed by atoms with Gasteiger partial charge in [0.1, 0.15) is 5.56 Å². The number of nitrogens with one attached hydrogen (secondary N) is 2. The van der Waals surface area contributed by atoms with E-state index in [1.807, 2.05) is 38.1 Å². The number of aryl methyl sites for hydroxylation is 3. The smallest absolute Gasteiger partial charge is 0.257 e. The van der Waals surface area contributed by atoms with E-state index in [9.17, 15) is 9.59 Å². The van der Waals surface area contributed by atoms with Crippen LogP contribution in [-0.4, -0.2) is 15.9 Å². The first-order valence-corrected chi connectivity index (χ1v) is 8.42. The van der Waals surface area contributed by atoms with Gasteiger partial charge in [0, 0.05) is 30.4 Å². The summed E-state index contributed by atoms with van der Waals surface area (Å²) in [4.78, 5) is 32.0. The average molecular weight is 347 g/mol. The Balaban J connectivity index is 2.01. The van der Waals surface area contributed by atoms with E-state index in [0.29, 0.717) is 5.69 Å². The highest BCUT2D eigenvalue weighted by atomic mass is 16.2. The lowest BCUT2D eigenvalue weighted by Gasteiger charge is -2.20. The molecule has 5 heteroatoms. The van der Waals surface area contributed by atoms with Crippen LogP contribution in [0.25, 0.3) is 0 Å². The van der Waals surface area contributed by atoms with Crippen molar-refractivity contribution in [2.24, 2.45) is 0 Å². The van der Waals surface area contributed by atoms with Gasteiger partial charge < -0.3 is 10.3 Å². The van der Waals surface area contributed by atoms with E-state index in [-0.39, 0.29) is 11.0 Å².